The van der Waals surface area contributed by atoms with Crippen molar-refractivity contribution in [2.45, 2.75) is 5.56 Å². The van der Waals surface area contributed by atoms with Crippen LogP contribution >= 0.6 is 11.6 Å². The number of hydrogen-bond donors (Lipinski definition) is 0. The Labute approximate surface area is 117 Å². The first-order chi connectivity index (χ1) is 9.33. The van der Waals surface area contributed by atoms with Gasteiger partial charge in [-0.05, 0) is 22.9 Å². The van der Waals surface area contributed by atoms with Crippen molar-refractivity contribution in [3.8, 4) is 5.75 Å². The Morgan fingerprint density at radius 3 is 1.42 bits per heavy atom. The van der Waals surface area contributed by atoms with E-state index >= 15 is 0 Å². The van der Waals surface area contributed by atoms with Crippen molar-refractivity contribution in [3.63, 3.8) is 0 Å². The molecule has 5 rings (SSSR count). The van der Waals surface area contributed by atoms with Crippen LogP contribution in [0.25, 0.3) is 10.8 Å². The molecule has 2 aliphatic rings. The molecule has 1 unspecified atom stereocenters. The number of alkyl halides is 1. The highest BCUT2D eigenvalue weighted by Crippen LogP contribution is 2.31. The third kappa shape index (κ3) is 2.72. The molecule has 0 fully saturated rings. The largest absolute Gasteiger partial charge is 0.470 e. The van der Waals surface area contributed by atoms with Gasteiger partial charge in [0.1, 0.15) is 5.75 Å². The zero-order chi connectivity index (χ0) is 13.1. The molecule has 0 spiro atoms. The number of hydrogen-bond acceptors (Lipinski definition) is 1. The number of benzene rings is 3. The van der Waals surface area contributed by atoms with Crippen molar-refractivity contribution in [2.24, 2.45) is 0 Å². The predicted molar refractivity (Wildman–Crippen MR) is 79.6 cm³/mol. The first-order valence-corrected chi connectivity index (χ1v) is 6.61. The molecule has 0 radical (unpaired) electrons. The van der Waals surface area contributed by atoms with Crippen LogP contribution in [0.3, 0.4) is 0 Å². The molecule has 0 aliphatic carbocycles. The van der Waals surface area contributed by atoms with Crippen LogP contribution in [0, 0.1) is 0 Å². The lowest BCUT2D eigenvalue weighted by Crippen LogP contribution is -2.04. The maximum absolute atomic E-state index is 5.73. The van der Waals surface area contributed by atoms with E-state index in [2.05, 4.69) is 48.5 Å². The van der Waals surface area contributed by atoms with Gasteiger partial charge in [0.2, 0.25) is 0 Å². The standard InChI is InChI=1S/C10H8.C7H5ClO/c1-2-6-10-8-4-3-7-9(10)5-1;8-7-5-1-3-6(9-7)4-2-5/h1-8H;1-4,7H. The molecular formula is C17H13ClO. The smallest absolute Gasteiger partial charge is 0.197 e. The molecule has 2 heterocycles. The summed E-state index contributed by atoms with van der Waals surface area (Å²) in [6.45, 7) is 0. The second kappa shape index (κ2) is 5.33. The lowest BCUT2D eigenvalue weighted by atomic mass is 10.1. The van der Waals surface area contributed by atoms with Gasteiger partial charge in [0.05, 0.1) is 0 Å². The topological polar surface area (TPSA) is 9.23 Å². The van der Waals surface area contributed by atoms with Crippen LogP contribution in [0.4, 0.5) is 0 Å². The van der Waals surface area contributed by atoms with Gasteiger partial charge in [-0.3, -0.25) is 0 Å². The van der Waals surface area contributed by atoms with E-state index in [-0.39, 0.29) is 5.56 Å². The van der Waals surface area contributed by atoms with Crippen LogP contribution in [0.15, 0.2) is 72.8 Å². The molecule has 19 heavy (non-hydrogen) atoms. The van der Waals surface area contributed by atoms with E-state index < -0.39 is 0 Å². The van der Waals surface area contributed by atoms with Crippen molar-refractivity contribution < 1.29 is 4.74 Å². The Kier molecular flexibility index (Phi) is 3.39. The molecule has 0 saturated carbocycles. The molecule has 0 N–H and O–H groups in total. The number of ether oxygens (including phenoxy) is 1. The molecule has 2 bridgehead atoms. The lowest BCUT2D eigenvalue weighted by molar-refractivity contribution is 0.277. The van der Waals surface area contributed by atoms with Gasteiger partial charge in [0.25, 0.3) is 0 Å². The van der Waals surface area contributed by atoms with E-state index in [1.165, 1.54) is 10.8 Å². The summed E-state index contributed by atoms with van der Waals surface area (Å²) in [7, 11) is 0. The fourth-order valence-electron chi connectivity index (χ4n) is 2.02. The van der Waals surface area contributed by atoms with E-state index in [4.69, 9.17) is 16.3 Å². The lowest BCUT2D eigenvalue weighted by Gasteiger charge is -2.18. The molecule has 1 nitrogen and oxygen atoms in total. The average Bonchev–Trinajstić information content (AvgIpc) is 2.49. The van der Waals surface area contributed by atoms with Gasteiger partial charge < -0.3 is 4.74 Å². The van der Waals surface area contributed by atoms with Gasteiger partial charge >= 0.3 is 0 Å². The maximum Gasteiger partial charge on any atom is 0.197 e. The van der Waals surface area contributed by atoms with Crippen molar-refractivity contribution in [2.75, 3.05) is 0 Å². The Morgan fingerprint density at radius 2 is 1.16 bits per heavy atom. The van der Waals surface area contributed by atoms with Crippen LogP contribution in [0.2, 0.25) is 0 Å². The molecular weight excluding hydrogens is 256 g/mol. The third-order valence-electron chi connectivity index (χ3n) is 3.04. The summed E-state index contributed by atoms with van der Waals surface area (Å²) >= 11 is 5.73. The molecule has 2 aliphatic heterocycles. The summed E-state index contributed by atoms with van der Waals surface area (Å²) in [5.74, 6) is 0.852. The normalized spacial score (nSPS) is 15.5. The van der Waals surface area contributed by atoms with E-state index in [1.54, 1.807) is 0 Å². The fourth-order valence-corrected chi connectivity index (χ4v) is 2.27. The Bertz CT molecular complexity index is 611. The Balaban J connectivity index is 0.000000117. The molecule has 3 aromatic carbocycles. The van der Waals surface area contributed by atoms with Crippen molar-refractivity contribution in [1.29, 1.82) is 0 Å². The highest BCUT2D eigenvalue weighted by atomic mass is 35.5. The van der Waals surface area contributed by atoms with Crippen LogP contribution < -0.4 is 4.74 Å². The van der Waals surface area contributed by atoms with Crippen molar-refractivity contribution >= 4 is 22.4 Å². The summed E-state index contributed by atoms with van der Waals surface area (Å²) in [4.78, 5) is 0. The minimum absolute atomic E-state index is 0.255. The summed E-state index contributed by atoms with van der Waals surface area (Å²) in [6, 6.07) is 24.5. The third-order valence-corrected chi connectivity index (χ3v) is 3.38. The molecule has 1 atom stereocenters. The zero-order valence-electron chi connectivity index (χ0n) is 10.3. The first kappa shape index (κ1) is 12.1. The van der Waals surface area contributed by atoms with E-state index in [0.29, 0.717) is 0 Å². The second-order valence-corrected chi connectivity index (χ2v) is 4.75. The van der Waals surface area contributed by atoms with Crippen LogP contribution in [-0.4, -0.2) is 0 Å². The van der Waals surface area contributed by atoms with Gasteiger partial charge in [0, 0.05) is 5.56 Å². The number of halogens is 1. The minimum Gasteiger partial charge on any atom is -0.470 e. The summed E-state index contributed by atoms with van der Waals surface area (Å²) in [5, 5.41) is 2.62. The highest BCUT2D eigenvalue weighted by molar-refractivity contribution is 6.20. The zero-order valence-corrected chi connectivity index (χ0v) is 11.0. The van der Waals surface area contributed by atoms with Gasteiger partial charge in [-0.1, -0.05) is 72.3 Å². The predicted octanol–water partition coefficient (Wildman–Crippen LogP) is 5.16. The molecule has 94 valence electrons. The molecule has 0 amide bonds. The SMILES string of the molecule is ClC1Oc2ccc1cc2.c1ccc2ccccc2c1. The first-order valence-electron chi connectivity index (χ1n) is 6.17. The molecule has 3 aromatic rings. The average molecular weight is 269 g/mol. The minimum atomic E-state index is -0.255. The van der Waals surface area contributed by atoms with Gasteiger partial charge in [-0.15, -0.1) is 0 Å². The highest BCUT2D eigenvalue weighted by Gasteiger charge is 2.14. The Hall–Kier alpha value is -1.99. The van der Waals surface area contributed by atoms with Gasteiger partial charge in [-0.25, -0.2) is 0 Å². The maximum atomic E-state index is 5.73. The number of rotatable bonds is 0. The molecule has 0 saturated heterocycles. The van der Waals surface area contributed by atoms with Crippen molar-refractivity contribution in [3.05, 3.63) is 78.4 Å². The molecule has 0 aromatic heterocycles. The van der Waals surface area contributed by atoms with Crippen LogP contribution in [0.5, 0.6) is 5.75 Å². The van der Waals surface area contributed by atoms with E-state index in [1.807, 2.05) is 24.3 Å². The van der Waals surface area contributed by atoms with Crippen LogP contribution in [0.1, 0.15) is 11.1 Å². The Morgan fingerprint density at radius 1 is 0.684 bits per heavy atom. The quantitative estimate of drug-likeness (QED) is 0.512. The fraction of sp³-hybridized carbons (Fsp3) is 0.0588. The van der Waals surface area contributed by atoms with Crippen LogP contribution in [-0.2, 0) is 0 Å². The monoisotopic (exact) mass is 268 g/mol. The van der Waals surface area contributed by atoms with Gasteiger partial charge in [0.15, 0.2) is 5.56 Å². The molecule has 2 heteroatoms. The van der Waals surface area contributed by atoms with Crippen molar-refractivity contribution in [1.82, 2.24) is 0 Å². The summed E-state index contributed by atoms with van der Waals surface area (Å²) in [5.41, 5.74) is 0.779. The van der Waals surface area contributed by atoms with E-state index in [9.17, 15) is 0 Å². The summed E-state index contributed by atoms with van der Waals surface area (Å²) in [6.07, 6.45) is 0. The summed E-state index contributed by atoms with van der Waals surface area (Å²) < 4.78 is 5.16. The number of fused-ring (bicyclic) bond motifs is 4. The second-order valence-electron chi connectivity index (χ2n) is 4.35. The van der Waals surface area contributed by atoms with E-state index in [0.717, 1.165) is 11.3 Å². The van der Waals surface area contributed by atoms with Gasteiger partial charge in [-0.2, -0.15) is 0 Å².